The molecule has 0 saturated carbocycles. The van der Waals surface area contributed by atoms with Crippen LogP contribution < -0.4 is 10.0 Å². The van der Waals surface area contributed by atoms with Gasteiger partial charge < -0.3 is 5.32 Å². The van der Waals surface area contributed by atoms with Gasteiger partial charge in [0.25, 0.3) is 15.9 Å². The number of hydrogen-bond donors (Lipinski definition) is 2. The molecule has 0 saturated heterocycles. The first-order chi connectivity index (χ1) is 10.5. The molecule has 0 atom stereocenters. The molecule has 2 rings (SSSR count). The SMILES string of the molecule is CCNC(=O)c1cccc(NS(=O)(=O)c2ccccc2)c1C. The van der Waals surface area contributed by atoms with Crippen LogP contribution in [0.3, 0.4) is 0 Å². The van der Waals surface area contributed by atoms with Crippen LogP contribution in [-0.2, 0) is 10.0 Å². The lowest BCUT2D eigenvalue weighted by atomic mass is 10.1. The molecule has 0 aromatic heterocycles. The molecule has 0 unspecified atom stereocenters. The highest BCUT2D eigenvalue weighted by atomic mass is 32.2. The summed E-state index contributed by atoms with van der Waals surface area (Å²) in [6, 6.07) is 13.1. The smallest absolute Gasteiger partial charge is 0.261 e. The van der Waals surface area contributed by atoms with Crippen LogP contribution in [0, 0.1) is 6.92 Å². The van der Waals surface area contributed by atoms with Crippen molar-refractivity contribution in [3.63, 3.8) is 0 Å². The number of nitrogens with one attached hydrogen (secondary N) is 2. The molecule has 2 aromatic rings. The van der Waals surface area contributed by atoms with E-state index >= 15 is 0 Å². The van der Waals surface area contributed by atoms with Crippen LogP contribution in [0.2, 0.25) is 0 Å². The minimum atomic E-state index is -3.67. The lowest BCUT2D eigenvalue weighted by molar-refractivity contribution is 0.0955. The van der Waals surface area contributed by atoms with Gasteiger partial charge in [0.15, 0.2) is 0 Å². The summed E-state index contributed by atoms with van der Waals surface area (Å²) in [4.78, 5) is 12.1. The third-order valence-corrected chi connectivity index (χ3v) is 4.59. The van der Waals surface area contributed by atoms with Gasteiger partial charge in [0.1, 0.15) is 0 Å². The quantitative estimate of drug-likeness (QED) is 0.889. The molecule has 0 aliphatic rings. The Balaban J connectivity index is 2.35. The monoisotopic (exact) mass is 318 g/mol. The topological polar surface area (TPSA) is 75.3 Å². The summed E-state index contributed by atoms with van der Waals surface area (Å²) in [5.41, 5.74) is 1.44. The fourth-order valence-electron chi connectivity index (χ4n) is 2.05. The number of hydrogen-bond acceptors (Lipinski definition) is 3. The zero-order valence-corrected chi connectivity index (χ0v) is 13.3. The predicted octanol–water partition coefficient (Wildman–Crippen LogP) is 2.55. The number of carbonyl (C=O) groups excluding carboxylic acids is 1. The fourth-order valence-corrected chi connectivity index (χ4v) is 3.20. The van der Waals surface area contributed by atoms with Gasteiger partial charge in [0, 0.05) is 12.1 Å². The van der Waals surface area contributed by atoms with E-state index < -0.39 is 10.0 Å². The molecule has 0 fully saturated rings. The minimum absolute atomic E-state index is 0.179. The van der Waals surface area contributed by atoms with Crippen molar-refractivity contribution >= 4 is 21.6 Å². The summed E-state index contributed by atoms with van der Waals surface area (Å²) in [7, 11) is -3.67. The van der Waals surface area contributed by atoms with Crippen LogP contribution >= 0.6 is 0 Å². The van der Waals surface area contributed by atoms with Crippen LogP contribution in [0.15, 0.2) is 53.4 Å². The third-order valence-electron chi connectivity index (χ3n) is 3.21. The molecule has 0 heterocycles. The Morgan fingerprint density at radius 1 is 1.05 bits per heavy atom. The normalized spacial score (nSPS) is 11.0. The molecule has 22 heavy (non-hydrogen) atoms. The molecule has 116 valence electrons. The van der Waals surface area contributed by atoms with Crippen molar-refractivity contribution < 1.29 is 13.2 Å². The average Bonchev–Trinajstić information content (AvgIpc) is 2.50. The Morgan fingerprint density at radius 3 is 2.36 bits per heavy atom. The largest absolute Gasteiger partial charge is 0.352 e. The lowest BCUT2D eigenvalue weighted by Crippen LogP contribution is -2.24. The van der Waals surface area contributed by atoms with Crippen molar-refractivity contribution in [3.8, 4) is 0 Å². The summed E-state index contributed by atoms with van der Waals surface area (Å²) < 4.78 is 27.2. The van der Waals surface area contributed by atoms with Gasteiger partial charge in [-0.25, -0.2) is 8.42 Å². The molecule has 0 radical (unpaired) electrons. The van der Waals surface area contributed by atoms with E-state index in [0.29, 0.717) is 23.4 Å². The van der Waals surface area contributed by atoms with Gasteiger partial charge in [-0.15, -0.1) is 0 Å². The van der Waals surface area contributed by atoms with Crippen LogP contribution in [-0.4, -0.2) is 20.9 Å². The summed E-state index contributed by atoms with van der Waals surface area (Å²) in [5.74, 6) is -0.222. The Hall–Kier alpha value is -2.34. The molecule has 5 nitrogen and oxygen atoms in total. The Morgan fingerprint density at radius 2 is 1.73 bits per heavy atom. The molecule has 0 bridgehead atoms. The first-order valence-corrected chi connectivity index (χ1v) is 8.39. The molecule has 6 heteroatoms. The first-order valence-electron chi connectivity index (χ1n) is 6.91. The van der Waals surface area contributed by atoms with Gasteiger partial charge in [-0.1, -0.05) is 24.3 Å². The van der Waals surface area contributed by atoms with E-state index in [2.05, 4.69) is 10.0 Å². The zero-order chi connectivity index (χ0) is 16.2. The van der Waals surface area contributed by atoms with E-state index in [9.17, 15) is 13.2 Å². The van der Waals surface area contributed by atoms with Crippen molar-refractivity contribution in [2.24, 2.45) is 0 Å². The maximum absolute atomic E-state index is 12.3. The minimum Gasteiger partial charge on any atom is -0.352 e. The maximum Gasteiger partial charge on any atom is 0.261 e. The Labute approximate surface area is 130 Å². The second kappa shape index (κ2) is 6.62. The first kappa shape index (κ1) is 16.0. The standard InChI is InChI=1S/C16H18N2O3S/c1-3-17-16(19)14-10-7-11-15(12(14)2)18-22(20,21)13-8-5-4-6-9-13/h4-11,18H,3H2,1-2H3,(H,17,19). The number of anilines is 1. The summed E-state index contributed by atoms with van der Waals surface area (Å²) >= 11 is 0. The van der Waals surface area contributed by atoms with Crippen molar-refractivity contribution in [1.29, 1.82) is 0 Å². The fraction of sp³-hybridized carbons (Fsp3) is 0.188. The lowest BCUT2D eigenvalue weighted by Gasteiger charge is -2.13. The van der Waals surface area contributed by atoms with E-state index in [-0.39, 0.29) is 10.8 Å². The van der Waals surface area contributed by atoms with E-state index in [4.69, 9.17) is 0 Å². The second-order valence-electron chi connectivity index (χ2n) is 4.76. The number of rotatable bonds is 5. The Bertz CT molecular complexity index is 771. The molecule has 0 aliphatic carbocycles. The number of amides is 1. The second-order valence-corrected chi connectivity index (χ2v) is 6.44. The van der Waals surface area contributed by atoms with Crippen LogP contribution in [0.5, 0.6) is 0 Å². The highest BCUT2D eigenvalue weighted by Gasteiger charge is 2.17. The van der Waals surface area contributed by atoms with E-state index in [0.717, 1.165) is 0 Å². The molecule has 2 aromatic carbocycles. The molecular formula is C16H18N2O3S. The number of carbonyl (C=O) groups is 1. The summed E-state index contributed by atoms with van der Waals surface area (Å²) in [5, 5.41) is 2.71. The predicted molar refractivity (Wildman–Crippen MR) is 86.4 cm³/mol. The van der Waals surface area contributed by atoms with E-state index in [1.807, 2.05) is 6.92 Å². The Kier molecular flexibility index (Phi) is 4.82. The van der Waals surface area contributed by atoms with Gasteiger partial charge in [-0.05, 0) is 43.7 Å². The van der Waals surface area contributed by atoms with Crippen molar-refractivity contribution in [2.45, 2.75) is 18.7 Å². The van der Waals surface area contributed by atoms with Crippen molar-refractivity contribution in [3.05, 3.63) is 59.7 Å². The van der Waals surface area contributed by atoms with Crippen LogP contribution in [0.4, 0.5) is 5.69 Å². The molecule has 0 spiro atoms. The zero-order valence-electron chi connectivity index (χ0n) is 12.5. The summed E-state index contributed by atoms with van der Waals surface area (Å²) in [6.45, 7) is 4.06. The van der Waals surface area contributed by atoms with Crippen molar-refractivity contribution in [2.75, 3.05) is 11.3 Å². The van der Waals surface area contributed by atoms with Gasteiger partial charge in [-0.2, -0.15) is 0 Å². The number of sulfonamides is 1. The van der Waals surface area contributed by atoms with Gasteiger partial charge in [0.2, 0.25) is 0 Å². The number of benzene rings is 2. The van der Waals surface area contributed by atoms with Gasteiger partial charge >= 0.3 is 0 Å². The van der Waals surface area contributed by atoms with Crippen LogP contribution in [0.25, 0.3) is 0 Å². The van der Waals surface area contributed by atoms with Crippen molar-refractivity contribution in [1.82, 2.24) is 5.32 Å². The molecule has 1 amide bonds. The van der Waals surface area contributed by atoms with Gasteiger partial charge in [0.05, 0.1) is 10.6 Å². The third kappa shape index (κ3) is 3.46. The highest BCUT2D eigenvalue weighted by Crippen LogP contribution is 2.22. The molecule has 0 aliphatic heterocycles. The van der Waals surface area contributed by atoms with E-state index in [1.54, 1.807) is 43.3 Å². The van der Waals surface area contributed by atoms with E-state index in [1.165, 1.54) is 12.1 Å². The molecule has 2 N–H and O–H groups in total. The molecular weight excluding hydrogens is 300 g/mol. The highest BCUT2D eigenvalue weighted by molar-refractivity contribution is 7.92. The van der Waals surface area contributed by atoms with Crippen LogP contribution in [0.1, 0.15) is 22.8 Å². The maximum atomic E-state index is 12.3. The average molecular weight is 318 g/mol. The van der Waals surface area contributed by atoms with Gasteiger partial charge in [-0.3, -0.25) is 9.52 Å². The summed E-state index contributed by atoms with van der Waals surface area (Å²) in [6.07, 6.45) is 0.